The summed E-state index contributed by atoms with van der Waals surface area (Å²) in [5, 5.41) is 18.6. The summed E-state index contributed by atoms with van der Waals surface area (Å²) >= 11 is 0. The van der Waals surface area contributed by atoms with E-state index in [4.69, 9.17) is 5.11 Å². The average Bonchev–Trinajstić information content (AvgIpc) is 2.16. The Bertz CT molecular complexity index is 136. The van der Waals surface area contributed by atoms with Crippen LogP contribution in [0.2, 0.25) is 0 Å². The first-order valence-corrected chi connectivity index (χ1v) is 5.53. The van der Waals surface area contributed by atoms with Crippen molar-refractivity contribution in [2.24, 2.45) is 11.8 Å². The van der Waals surface area contributed by atoms with Gasteiger partial charge in [-0.05, 0) is 37.5 Å². The van der Waals surface area contributed by atoms with Crippen LogP contribution in [-0.4, -0.2) is 22.9 Å². The van der Waals surface area contributed by atoms with Gasteiger partial charge in [-0.3, -0.25) is 0 Å². The number of hydrogen-bond acceptors (Lipinski definition) is 2. The van der Waals surface area contributed by atoms with E-state index in [0.29, 0.717) is 11.8 Å². The molecule has 0 radical (unpaired) electrons. The highest BCUT2D eigenvalue weighted by molar-refractivity contribution is 4.74. The van der Waals surface area contributed by atoms with Gasteiger partial charge >= 0.3 is 0 Å². The fourth-order valence-electron chi connectivity index (χ4n) is 2.11. The standard InChI is InChI=1S/C11H22O2/c1-9(8-12)6-7-10-4-2-3-5-11(10)13/h9-13H,2-8H2,1H3. The second kappa shape index (κ2) is 5.61. The zero-order valence-electron chi connectivity index (χ0n) is 8.58. The lowest BCUT2D eigenvalue weighted by atomic mass is 9.82. The van der Waals surface area contributed by atoms with Crippen LogP contribution in [0.3, 0.4) is 0 Å². The van der Waals surface area contributed by atoms with Crippen molar-refractivity contribution in [3.63, 3.8) is 0 Å². The van der Waals surface area contributed by atoms with Crippen molar-refractivity contribution in [3.05, 3.63) is 0 Å². The molecular formula is C11H22O2. The molecule has 78 valence electrons. The second-order valence-electron chi connectivity index (χ2n) is 4.48. The summed E-state index contributed by atoms with van der Waals surface area (Å²) in [7, 11) is 0. The number of rotatable bonds is 4. The predicted molar refractivity (Wildman–Crippen MR) is 53.4 cm³/mol. The molecule has 2 N–H and O–H groups in total. The molecule has 1 rings (SSSR count). The summed E-state index contributed by atoms with van der Waals surface area (Å²) < 4.78 is 0. The van der Waals surface area contributed by atoms with Gasteiger partial charge in [0.2, 0.25) is 0 Å². The van der Waals surface area contributed by atoms with Gasteiger partial charge in [0.1, 0.15) is 0 Å². The molecule has 0 amide bonds. The van der Waals surface area contributed by atoms with Crippen molar-refractivity contribution in [2.75, 3.05) is 6.61 Å². The molecule has 0 heterocycles. The molecule has 2 nitrogen and oxygen atoms in total. The highest BCUT2D eigenvalue weighted by Crippen LogP contribution is 2.28. The van der Waals surface area contributed by atoms with E-state index < -0.39 is 0 Å². The van der Waals surface area contributed by atoms with Crippen molar-refractivity contribution in [1.29, 1.82) is 0 Å². The van der Waals surface area contributed by atoms with Crippen molar-refractivity contribution in [3.8, 4) is 0 Å². The molecule has 1 aliphatic carbocycles. The van der Waals surface area contributed by atoms with E-state index in [-0.39, 0.29) is 12.7 Å². The third kappa shape index (κ3) is 3.65. The minimum atomic E-state index is -0.0698. The minimum Gasteiger partial charge on any atom is -0.396 e. The topological polar surface area (TPSA) is 40.5 Å². The van der Waals surface area contributed by atoms with Crippen LogP contribution in [0.15, 0.2) is 0 Å². The molecule has 1 fully saturated rings. The first-order chi connectivity index (χ1) is 6.24. The summed E-state index contributed by atoms with van der Waals surface area (Å²) in [6.07, 6.45) is 6.70. The highest BCUT2D eigenvalue weighted by Gasteiger charge is 2.22. The Morgan fingerprint density at radius 2 is 2.00 bits per heavy atom. The van der Waals surface area contributed by atoms with Crippen molar-refractivity contribution in [2.45, 2.75) is 51.6 Å². The number of aliphatic hydroxyl groups excluding tert-OH is 2. The fourth-order valence-corrected chi connectivity index (χ4v) is 2.11. The number of hydrogen-bond donors (Lipinski definition) is 2. The van der Waals surface area contributed by atoms with Crippen LogP contribution in [0.1, 0.15) is 45.4 Å². The molecule has 0 bridgehead atoms. The van der Waals surface area contributed by atoms with E-state index in [9.17, 15) is 5.11 Å². The molecular weight excluding hydrogens is 164 g/mol. The minimum absolute atomic E-state index is 0.0698. The molecule has 0 aromatic heterocycles. The summed E-state index contributed by atoms with van der Waals surface area (Å²) in [4.78, 5) is 0. The van der Waals surface area contributed by atoms with Crippen LogP contribution >= 0.6 is 0 Å². The molecule has 3 unspecified atom stereocenters. The van der Waals surface area contributed by atoms with E-state index in [1.165, 1.54) is 19.3 Å². The molecule has 3 atom stereocenters. The molecule has 0 aliphatic heterocycles. The van der Waals surface area contributed by atoms with E-state index in [1.54, 1.807) is 0 Å². The van der Waals surface area contributed by atoms with Gasteiger partial charge in [0, 0.05) is 6.61 Å². The molecule has 0 saturated heterocycles. The Labute approximate surface area is 81.0 Å². The third-order valence-corrected chi connectivity index (χ3v) is 3.21. The summed E-state index contributed by atoms with van der Waals surface area (Å²) in [6.45, 7) is 2.35. The predicted octanol–water partition coefficient (Wildman–Crippen LogP) is 1.95. The van der Waals surface area contributed by atoms with Crippen molar-refractivity contribution >= 4 is 0 Å². The zero-order chi connectivity index (χ0) is 9.68. The molecule has 0 aromatic rings. The van der Waals surface area contributed by atoms with Crippen LogP contribution < -0.4 is 0 Å². The lowest BCUT2D eigenvalue weighted by Gasteiger charge is -2.28. The van der Waals surface area contributed by atoms with E-state index >= 15 is 0 Å². The first kappa shape index (κ1) is 11.0. The molecule has 0 spiro atoms. The SMILES string of the molecule is CC(CO)CCC1CCCCC1O. The fraction of sp³-hybridized carbons (Fsp3) is 1.00. The Kier molecular flexibility index (Phi) is 4.74. The summed E-state index contributed by atoms with van der Waals surface area (Å²) in [5.74, 6) is 0.900. The largest absolute Gasteiger partial charge is 0.396 e. The van der Waals surface area contributed by atoms with Gasteiger partial charge in [-0.15, -0.1) is 0 Å². The Morgan fingerprint density at radius 3 is 2.62 bits per heavy atom. The lowest BCUT2D eigenvalue weighted by molar-refractivity contribution is 0.0601. The van der Waals surface area contributed by atoms with Crippen LogP contribution in [-0.2, 0) is 0 Å². The summed E-state index contributed by atoms with van der Waals surface area (Å²) in [5.41, 5.74) is 0. The van der Waals surface area contributed by atoms with Gasteiger partial charge in [-0.25, -0.2) is 0 Å². The van der Waals surface area contributed by atoms with Crippen LogP contribution in [0.5, 0.6) is 0 Å². The smallest absolute Gasteiger partial charge is 0.0568 e. The molecule has 1 aliphatic rings. The maximum Gasteiger partial charge on any atom is 0.0568 e. The Hall–Kier alpha value is -0.0800. The normalized spacial score (nSPS) is 31.6. The van der Waals surface area contributed by atoms with Gasteiger partial charge in [-0.2, -0.15) is 0 Å². The maximum atomic E-state index is 9.69. The number of aliphatic hydroxyl groups is 2. The lowest BCUT2D eigenvalue weighted by Crippen LogP contribution is -2.24. The molecule has 1 saturated carbocycles. The van der Waals surface area contributed by atoms with Gasteiger partial charge in [0.25, 0.3) is 0 Å². The quantitative estimate of drug-likeness (QED) is 0.704. The first-order valence-electron chi connectivity index (χ1n) is 5.53. The van der Waals surface area contributed by atoms with E-state index in [2.05, 4.69) is 6.92 Å². The maximum absolute atomic E-state index is 9.69. The average molecular weight is 186 g/mol. The Balaban J connectivity index is 2.18. The summed E-state index contributed by atoms with van der Waals surface area (Å²) in [6, 6.07) is 0. The van der Waals surface area contributed by atoms with Gasteiger partial charge in [0.05, 0.1) is 6.10 Å². The monoisotopic (exact) mass is 186 g/mol. The zero-order valence-corrected chi connectivity index (χ0v) is 8.58. The van der Waals surface area contributed by atoms with Gasteiger partial charge in [-0.1, -0.05) is 19.8 Å². The third-order valence-electron chi connectivity index (χ3n) is 3.21. The van der Waals surface area contributed by atoms with E-state index in [1.807, 2.05) is 0 Å². The van der Waals surface area contributed by atoms with Gasteiger partial charge < -0.3 is 10.2 Å². The second-order valence-corrected chi connectivity index (χ2v) is 4.48. The molecule has 2 heteroatoms. The van der Waals surface area contributed by atoms with Crippen molar-refractivity contribution in [1.82, 2.24) is 0 Å². The van der Waals surface area contributed by atoms with Crippen molar-refractivity contribution < 1.29 is 10.2 Å². The molecule has 13 heavy (non-hydrogen) atoms. The van der Waals surface area contributed by atoms with E-state index in [0.717, 1.165) is 19.3 Å². The highest BCUT2D eigenvalue weighted by atomic mass is 16.3. The molecule has 0 aromatic carbocycles. The Morgan fingerprint density at radius 1 is 1.31 bits per heavy atom. The van der Waals surface area contributed by atoms with Crippen LogP contribution in [0, 0.1) is 11.8 Å². The van der Waals surface area contributed by atoms with Crippen LogP contribution in [0.25, 0.3) is 0 Å². The van der Waals surface area contributed by atoms with Gasteiger partial charge in [0.15, 0.2) is 0 Å². The van der Waals surface area contributed by atoms with Crippen LogP contribution in [0.4, 0.5) is 0 Å².